The first-order chi connectivity index (χ1) is 10.6. The van der Waals surface area contributed by atoms with Crippen molar-refractivity contribution in [1.82, 2.24) is 9.97 Å². The van der Waals surface area contributed by atoms with Gasteiger partial charge in [-0.25, -0.2) is 9.97 Å². The number of nitrogens with one attached hydrogen (secondary N) is 2. The standard InChI is InChI=1S/C18H24N4O/c1-11-7-12(2)9-14(8-11)20-16(23)15-10-13(3)19-17(21-15)22-18(4,5)6/h7-10H,1-6H3,(H,20,23)(H,19,21,22). The summed E-state index contributed by atoms with van der Waals surface area (Å²) >= 11 is 0. The van der Waals surface area contributed by atoms with E-state index >= 15 is 0 Å². The van der Waals surface area contributed by atoms with Crippen molar-refractivity contribution in [3.05, 3.63) is 46.8 Å². The molecule has 0 spiro atoms. The Bertz CT molecular complexity index is 712. The van der Waals surface area contributed by atoms with Crippen LogP contribution in [0.2, 0.25) is 0 Å². The molecule has 0 saturated heterocycles. The molecule has 2 rings (SSSR count). The third kappa shape index (κ3) is 5.06. The van der Waals surface area contributed by atoms with Crippen LogP contribution in [0.15, 0.2) is 24.3 Å². The van der Waals surface area contributed by atoms with Crippen molar-refractivity contribution in [2.45, 2.75) is 47.1 Å². The number of amides is 1. The molecule has 1 aromatic carbocycles. The molecule has 2 aromatic rings. The third-order valence-electron chi connectivity index (χ3n) is 3.05. The number of benzene rings is 1. The van der Waals surface area contributed by atoms with Crippen LogP contribution in [0.25, 0.3) is 0 Å². The molecule has 0 bridgehead atoms. The molecule has 0 aliphatic heterocycles. The highest BCUT2D eigenvalue weighted by molar-refractivity contribution is 6.03. The molecule has 0 fully saturated rings. The first kappa shape index (κ1) is 16.9. The highest BCUT2D eigenvalue weighted by Crippen LogP contribution is 2.16. The van der Waals surface area contributed by atoms with Crippen LogP contribution < -0.4 is 10.6 Å². The topological polar surface area (TPSA) is 66.9 Å². The minimum atomic E-state index is -0.238. The van der Waals surface area contributed by atoms with Gasteiger partial charge in [0.1, 0.15) is 5.69 Å². The lowest BCUT2D eigenvalue weighted by Gasteiger charge is -2.20. The van der Waals surface area contributed by atoms with Crippen molar-refractivity contribution in [1.29, 1.82) is 0 Å². The number of aromatic nitrogens is 2. The number of rotatable bonds is 3. The van der Waals surface area contributed by atoms with E-state index < -0.39 is 0 Å². The molecular formula is C18H24N4O. The molecule has 122 valence electrons. The Morgan fingerprint density at radius 1 is 0.957 bits per heavy atom. The van der Waals surface area contributed by atoms with Gasteiger partial charge in [0.05, 0.1) is 0 Å². The molecule has 1 aromatic heterocycles. The summed E-state index contributed by atoms with van der Waals surface area (Å²) in [5.41, 5.74) is 3.91. The van der Waals surface area contributed by atoms with Gasteiger partial charge in [0, 0.05) is 16.9 Å². The van der Waals surface area contributed by atoms with Crippen LogP contribution >= 0.6 is 0 Å². The average molecular weight is 312 g/mol. The van der Waals surface area contributed by atoms with E-state index in [-0.39, 0.29) is 11.4 Å². The molecule has 5 nitrogen and oxygen atoms in total. The Morgan fingerprint density at radius 3 is 2.13 bits per heavy atom. The fourth-order valence-electron chi connectivity index (χ4n) is 2.32. The van der Waals surface area contributed by atoms with Crippen molar-refractivity contribution >= 4 is 17.5 Å². The smallest absolute Gasteiger partial charge is 0.274 e. The van der Waals surface area contributed by atoms with Gasteiger partial charge in [0.2, 0.25) is 5.95 Å². The molecular weight excluding hydrogens is 288 g/mol. The first-order valence-electron chi connectivity index (χ1n) is 7.66. The summed E-state index contributed by atoms with van der Waals surface area (Å²) in [5.74, 6) is 0.223. The minimum absolute atomic E-state index is 0.171. The monoisotopic (exact) mass is 312 g/mol. The first-order valence-corrected chi connectivity index (χ1v) is 7.66. The predicted octanol–water partition coefficient (Wildman–Crippen LogP) is 3.86. The summed E-state index contributed by atoms with van der Waals surface area (Å²) in [4.78, 5) is 21.1. The van der Waals surface area contributed by atoms with Gasteiger partial charge in [-0.15, -0.1) is 0 Å². The van der Waals surface area contributed by atoms with Gasteiger partial charge in [-0.2, -0.15) is 0 Å². The number of nitrogens with zero attached hydrogens (tertiary/aromatic N) is 2. The van der Waals surface area contributed by atoms with E-state index in [1.807, 2.05) is 53.7 Å². The summed E-state index contributed by atoms with van der Waals surface area (Å²) in [5, 5.41) is 6.10. The third-order valence-corrected chi connectivity index (χ3v) is 3.05. The van der Waals surface area contributed by atoms with Gasteiger partial charge >= 0.3 is 0 Å². The fourth-order valence-corrected chi connectivity index (χ4v) is 2.32. The van der Waals surface area contributed by atoms with Crippen molar-refractivity contribution < 1.29 is 4.79 Å². The molecule has 1 heterocycles. The molecule has 1 amide bonds. The van der Waals surface area contributed by atoms with Crippen molar-refractivity contribution in [2.24, 2.45) is 0 Å². The summed E-state index contributed by atoms with van der Waals surface area (Å²) in [7, 11) is 0. The SMILES string of the molecule is Cc1cc(C)cc(NC(=O)c2cc(C)nc(NC(C)(C)C)n2)c1. The summed E-state index contributed by atoms with van der Waals surface area (Å²) in [6.07, 6.45) is 0. The molecule has 0 saturated carbocycles. The predicted molar refractivity (Wildman–Crippen MR) is 94.0 cm³/mol. The van der Waals surface area contributed by atoms with E-state index in [4.69, 9.17) is 0 Å². The second-order valence-electron chi connectivity index (χ2n) is 6.92. The normalized spacial score (nSPS) is 11.2. The molecule has 0 aliphatic carbocycles. The quantitative estimate of drug-likeness (QED) is 0.903. The van der Waals surface area contributed by atoms with Gasteiger partial charge in [0.25, 0.3) is 5.91 Å². The number of aryl methyl sites for hydroxylation is 3. The Hall–Kier alpha value is -2.43. The highest BCUT2D eigenvalue weighted by Gasteiger charge is 2.15. The molecule has 5 heteroatoms. The maximum absolute atomic E-state index is 12.5. The van der Waals surface area contributed by atoms with Crippen LogP contribution in [0.1, 0.15) is 48.1 Å². The van der Waals surface area contributed by atoms with Gasteiger partial charge in [-0.3, -0.25) is 4.79 Å². The number of anilines is 2. The Balaban J connectivity index is 2.25. The van der Waals surface area contributed by atoms with E-state index in [1.165, 1.54) is 0 Å². The van der Waals surface area contributed by atoms with Gasteiger partial charge in [0.15, 0.2) is 0 Å². The van der Waals surface area contributed by atoms with Crippen LogP contribution in [0, 0.1) is 20.8 Å². The highest BCUT2D eigenvalue weighted by atomic mass is 16.1. The van der Waals surface area contributed by atoms with Gasteiger partial charge in [-0.05, 0) is 70.9 Å². The van der Waals surface area contributed by atoms with Crippen molar-refractivity contribution in [3.63, 3.8) is 0 Å². The second kappa shape index (κ2) is 6.36. The zero-order valence-electron chi connectivity index (χ0n) is 14.6. The van der Waals surface area contributed by atoms with E-state index in [1.54, 1.807) is 6.07 Å². The van der Waals surface area contributed by atoms with E-state index in [0.717, 1.165) is 22.5 Å². The van der Waals surface area contributed by atoms with Crippen LogP contribution in [0.5, 0.6) is 0 Å². The lowest BCUT2D eigenvalue weighted by atomic mass is 10.1. The largest absolute Gasteiger partial charge is 0.350 e. The Morgan fingerprint density at radius 2 is 1.57 bits per heavy atom. The molecule has 2 N–H and O–H groups in total. The zero-order valence-corrected chi connectivity index (χ0v) is 14.6. The Kier molecular flexibility index (Phi) is 4.68. The van der Waals surface area contributed by atoms with Crippen LogP contribution in [-0.2, 0) is 0 Å². The van der Waals surface area contributed by atoms with Crippen LogP contribution in [-0.4, -0.2) is 21.4 Å². The maximum atomic E-state index is 12.5. The second-order valence-corrected chi connectivity index (χ2v) is 6.92. The fraction of sp³-hybridized carbons (Fsp3) is 0.389. The van der Waals surface area contributed by atoms with Crippen molar-refractivity contribution in [3.8, 4) is 0 Å². The van der Waals surface area contributed by atoms with Gasteiger partial charge in [-0.1, -0.05) is 6.07 Å². The zero-order chi connectivity index (χ0) is 17.2. The lowest BCUT2D eigenvalue weighted by molar-refractivity contribution is 0.102. The number of hydrogen-bond donors (Lipinski definition) is 2. The molecule has 0 atom stereocenters. The number of carbonyl (C=O) groups is 1. The average Bonchev–Trinajstić information content (AvgIpc) is 2.34. The van der Waals surface area contributed by atoms with Gasteiger partial charge < -0.3 is 10.6 Å². The van der Waals surface area contributed by atoms with Crippen LogP contribution in [0.3, 0.4) is 0 Å². The number of hydrogen-bond acceptors (Lipinski definition) is 4. The minimum Gasteiger partial charge on any atom is -0.350 e. The molecule has 0 radical (unpaired) electrons. The van der Waals surface area contributed by atoms with E-state index in [9.17, 15) is 4.79 Å². The molecule has 0 unspecified atom stereocenters. The summed E-state index contributed by atoms with van der Waals surface area (Å²) < 4.78 is 0. The maximum Gasteiger partial charge on any atom is 0.274 e. The summed E-state index contributed by atoms with van der Waals surface area (Å²) in [6, 6.07) is 7.63. The van der Waals surface area contributed by atoms with Crippen molar-refractivity contribution in [2.75, 3.05) is 10.6 Å². The molecule has 23 heavy (non-hydrogen) atoms. The van der Waals surface area contributed by atoms with E-state index in [0.29, 0.717) is 11.6 Å². The van der Waals surface area contributed by atoms with E-state index in [2.05, 4.69) is 26.7 Å². The lowest BCUT2D eigenvalue weighted by Crippen LogP contribution is -2.28. The Labute approximate surface area is 137 Å². The van der Waals surface area contributed by atoms with Crippen LogP contribution in [0.4, 0.5) is 11.6 Å². The molecule has 0 aliphatic rings. The number of carbonyl (C=O) groups excluding carboxylic acids is 1. The summed E-state index contributed by atoms with van der Waals surface area (Å²) in [6.45, 7) is 11.9.